The lowest BCUT2D eigenvalue weighted by Gasteiger charge is -2.07. The first-order chi connectivity index (χ1) is 8.81. The van der Waals surface area contributed by atoms with E-state index < -0.39 is 0 Å². The summed E-state index contributed by atoms with van der Waals surface area (Å²) in [4.78, 5) is 11.5. The highest BCUT2D eigenvalue weighted by molar-refractivity contribution is 5.78. The molecule has 0 bridgehead atoms. The van der Waals surface area contributed by atoms with Crippen molar-refractivity contribution in [3.05, 3.63) is 34.9 Å². The molecular formula is C15H20N2O. The zero-order chi connectivity index (χ0) is 12.4. The lowest BCUT2D eigenvalue weighted by molar-refractivity contribution is -0.120. The van der Waals surface area contributed by atoms with Crippen molar-refractivity contribution in [1.29, 1.82) is 0 Å². The van der Waals surface area contributed by atoms with Gasteiger partial charge in [-0.1, -0.05) is 18.2 Å². The number of hydrogen-bond donors (Lipinski definition) is 2. The predicted octanol–water partition coefficient (Wildman–Crippen LogP) is 1.54. The third-order valence-corrected chi connectivity index (χ3v) is 3.72. The summed E-state index contributed by atoms with van der Waals surface area (Å²) < 4.78 is 0. The molecule has 0 spiro atoms. The summed E-state index contributed by atoms with van der Waals surface area (Å²) in [5, 5.41) is 6.19. The van der Waals surface area contributed by atoms with Gasteiger partial charge >= 0.3 is 0 Å². The van der Waals surface area contributed by atoms with Gasteiger partial charge in [0, 0.05) is 12.6 Å². The fourth-order valence-corrected chi connectivity index (χ4v) is 2.56. The zero-order valence-corrected chi connectivity index (χ0v) is 10.7. The largest absolute Gasteiger partial charge is 0.352 e. The van der Waals surface area contributed by atoms with Crippen molar-refractivity contribution in [3.8, 4) is 0 Å². The van der Waals surface area contributed by atoms with Gasteiger partial charge in [0.1, 0.15) is 0 Å². The Kier molecular flexibility index (Phi) is 3.33. The second-order valence-electron chi connectivity index (χ2n) is 5.40. The SMILES string of the molecule is O=C(CNCc1ccc2c(c1)CCC2)NC1CC1. The van der Waals surface area contributed by atoms with Gasteiger partial charge in [0.15, 0.2) is 0 Å². The Morgan fingerprint density at radius 1 is 1.22 bits per heavy atom. The molecule has 1 fully saturated rings. The number of benzene rings is 1. The maximum absolute atomic E-state index is 11.5. The van der Waals surface area contributed by atoms with Crippen molar-refractivity contribution < 1.29 is 4.79 Å². The lowest BCUT2D eigenvalue weighted by atomic mass is 10.1. The van der Waals surface area contributed by atoms with Crippen LogP contribution in [0.15, 0.2) is 18.2 Å². The number of nitrogens with one attached hydrogen (secondary N) is 2. The molecule has 2 aliphatic rings. The average Bonchev–Trinajstić information content (AvgIpc) is 3.05. The van der Waals surface area contributed by atoms with Gasteiger partial charge in [-0.25, -0.2) is 0 Å². The van der Waals surface area contributed by atoms with Crippen molar-refractivity contribution in [1.82, 2.24) is 10.6 Å². The van der Waals surface area contributed by atoms with Crippen molar-refractivity contribution in [2.45, 2.75) is 44.7 Å². The third-order valence-electron chi connectivity index (χ3n) is 3.72. The zero-order valence-electron chi connectivity index (χ0n) is 10.7. The first kappa shape index (κ1) is 11.7. The van der Waals surface area contributed by atoms with Gasteiger partial charge in [-0.15, -0.1) is 0 Å². The predicted molar refractivity (Wildman–Crippen MR) is 71.3 cm³/mol. The number of carbonyl (C=O) groups is 1. The minimum atomic E-state index is 0.124. The Morgan fingerprint density at radius 3 is 2.89 bits per heavy atom. The van der Waals surface area contributed by atoms with Crippen LogP contribution in [0.25, 0.3) is 0 Å². The van der Waals surface area contributed by atoms with E-state index in [1.165, 1.54) is 36.0 Å². The molecule has 2 N–H and O–H groups in total. The molecule has 0 aliphatic heterocycles. The molecule has 0 aromatic heterocycles. The van der Waals surface area contributed by atoms with Crippen LogP contribution in [0.2, 0.25) is 0 Å². The van der Waals surface area contributed by atoms with E-state index in [0.717, 1.165) is 19.4 Å². The van der Waals surface area contributed by atoms with Gasteiger partial charge in [0.25, 0.3) is 0 Å². The first-order valence-corrected chi connectivity index (χ1v) is 6.92. The topological polar surface area (TPSA) is 41.1 Å². The summed E-state index contributed by atoms with van der Waals surface area (Å²) in [7, 11) is 0. The van der Waals surface area contributed by atoms with E-state index in [9.17, 15) is 4.79 Å². The quantitative estimate of drug-likeness (QED) is 0.825. The number of carbonyl (C=O) groups excluding carboxylic acids is 1. The second kappa shape index (κ2) is 5.11. The van der Waals surface area contributed by atoms with Crippen LogP contribution < -0.4 is 10.6 Å². The van der Waals surface area contributed by atoms with E-state index in [1.54, 1.807) is 0 Å². The highest BCUT2D eigenvalue weighted by Gasteiger charge is 2.22. The Bertz CT molecular complexity index is 452. The minimum absolute atomic E-state index is 0.124. The molecule has 1 amide bonds. The summed E-state index contributed by atoms with van der Waals surface area (Å²) in [6.45, 7) is 1.21. The van der Waals surface area contributed by atoms with Crippen LogP contribution in [0.5, 0.6) is 0 Å². The molecule has 1 aromatic rings. The average molecular weight is 244 g/mol. The van der Waals surface area contributed by atoms with Gasteiger partial charge < -0.3 is 10.6 Å². The fourth-order valence-electron chi connectivity index (χ4n) is 2.56. The van der Waals surface area contributed by atoms with Gasteiger partial charge in [0.2, 0.25) is 5.91 Å². The molecule has 0 heterocycles. The maximum atomic E-state index is 11.5. The summed E-state index contributed by atoms with van der Waals surface area (Å²) in [6, 6.07) is 7.16. The van der Waals surface area contributed by atoms with E-state index in [2.05, 4.69) is 28.8 Å². The number of hydrogen-bond acceptors (Lipinski definition) is 2. The summed E-state index contributed by atoms with van der Waals surface area (Å²) in [5.74, 6) is 0.124. The van der Waals surface area contributed by atoms with E-state index >= 15 is 0 Å². The standard InChI is InChI=1S/C15H20N2O/c18-15(17-14-6-7-14)10-16-9-11-4-5-12-2-1-3-13(12)8-11/h4-5,8,14,16H,1-3,6-7,9-10H2,(H,17,18). The van der Waals surface area contributed by atoms with Crippen molar-refractivity contribution in [2.24, 2.45) is 0 Å². The second-order valence-corrected chi connectivity index (χ2v) is 5.40. The van der Waals surface area contributed by atoms with E-state index in [4.69, 9.17) is 0 Å². The third kappa shape index (κ3) is 2.91. The summed E-state index contributed by atoms with van der Waals surface area (Å²) in [6.07, 6.45) is 6.03. The molecule has 0 radical (unpaired) electrons. The molecule has 3 heteroatoms. The Labute approximate surface area is 108 Å². The van der Waals surface area contributed by atoms with Gasteiger partial charge in [-0.2, -0.15) is 0 Å². The fraction of sp³-hybridized carbons (Fsp3) is 0.533. The highest BCUT2D eigenvalue weighted by atomic mass is 16.2. The van der Waals surface area contributed by atoms with E-state index in [-0.39, 0.29) is 5.91 Å². The van der Waals surface area contributed by atoms with E-state index in [1.807, 2.05) is 0 Å². The van der Waals surface area contributed by atoms with E-state index in [0.29, 0.717) is 12.6 Å². The van der Waals surface area contributed by atoms with Gasteiger partial charge in [-0.3, -0.25) is 4.79 Å². The molecule has 2 aliphatic carbocycles. The number of rotatable bonds is 5. The van der Waals surface area contributed by atoms with Gasteiger partial charge in [-0.05, 0) is 48.8 Å². The summed E-state index contributed by atoms with van der Waals surface area (Å²) in [5.41, 5.74) is 4.29. The summed E-state index contributed by atoms with van der Waals surface area (Å²) >= 11 is 0. The minimum Gasteiger partial charge on any atom is -0.352 e. The smallest absolute Gasteiger partial charge is 0.234 e. The number of fused-ring (bicyclic) bond motifs is 1. The number of amides is 1. The molecule has 1 aromatic carbocycles. The molecule has 96 valence electrons. The lowest BCUT2D eigenvalue weighted by Crippen LogP contribution is -2.34. The van der Waals surface area contributed by atoms with Crippen LogP contribution in [0.3, 0.4) is 0 Å². The number of aryl methyl sites for hydroxylation is 2. The Hall–Kier alpha value is -1.35. The monoisotopic (exact) mass is 244 g/mol. The normalized spacial score (nSPS) is 17.6. The molecule has 3 rings (SSSR count). The molecular weight excluding hydrogens is 224 g/mol. The highest BCUT2D eigenvalue weighted by Crippen LogP contribution is 2.22. The van der Waals surface area contributed by atoms with Crippen LogP contribution in [-0.2, 0) is 24.2 Å². The van der Waals surface area contributed by atoms with Crippen molar-refractivity contribution in [2.75, 3.05) is 6.54 Å². The Balaban J connectivity index is 1.46. The molecule has 0 saturated heterocycles. The van der Waals surface area contributed by atoms with Crippen LogP contribution in [0.4, 0.5) is 0 Å². The van der Waals surface area contributed by atoms with Crippen LogP contribution in [-0.4, -0.2) is 18.5 Å². The molecule has 1 saturated carbocycles. The van der Waals surface area contributed by atoms with Crippen molar-refractivity contribution in [3.63, 3.8) is 0 Å². The molecule has 0 unspecified atom stereocenters. The molecule has 3 nitrogen and oxygen atoms in total. The van der Waals surface area contributed by atoms with Crippen LogP contribution in [0.1, 0.15) is 36.0 Å². The first-order valence-electron chi connectivity index (χ1n) is 6.92. The van der Waals surface area contributed by atoms with Crippen LogP contribution in [0, 0.1) is 0 Å². The maximum Gasteiger partial charge on any atom is 0.234 e. The van der Waals surface area contributed by atoms with Crippen LogP contribution >= 0.6 is 0 Å². The molecule has 0 atom stereocenters. The Morgan fingerprint density at radius 2 is 2.06 bits per heavy atom. The van der Waals surface area contributed by atoms with Gasteiger partial charge in [0.05, 0.1) is 6.54 Å². The van der Waals surface area contributed by atoms with Crippen molar-refractivity contribution >= 4 is 5.91 Å². The molecule has 18 heavy (non-hydrogen) atoms.